The quantitative estimate of drug-likeness (QED) is 0.945. The number of benzene rings is 1. The molecule has 5 heteroatoms. The maximum Gasteiger partial charge on any atom is 0.249 e. The number of thiazole rings is 1. The van der Waals surface area contributed by atoms with Crippen LogP contribution < -0.4 is 5.32 Å². The average molecular weight is 302 g/mol. The first-order valence-electron chi connectivity index (χ1n) is 7.13. The van der Waals surface area contributed by atoms with Crippen LogP contribution in [0.15, 0.2) is 29.6 Å². The highest BCUT2D eigenvalue weighted by Gasteiger charge is 2.22. The lowest BCUT2D eigenvalue weighted by Gasteiger charge is -2.10. The first kappa shape index (κ1) is 14.2. The number of ether oxygens (including phenoxy) is 1. The third kappa shape index (κ3) is 3.49. The number of nitrogens with one attached hydrogen (secondary N) is 1. The molecule has 4 nitrogen and oxygen atoms in total. The van der Waals surface area contributed by atoms with E-state index in [1.165, 1.54) is 0 Å². The second kappa shape index (κ2) is 6.37. The van der Waals surface area contributed by atoms with Gasteiger partial charge in [0.25, 0.3) is 0 Å². The smallest absolute Gasteiger partial charge is 0.249 e. The molecule has 0 bridgehead atoms. The zero-order chi connectivity index (χ0) is 14.7. The van der Waals surface area contributed by atoms with E-state index in [0.717, 1.165) is 34.7 Å². The fourth-order valence-electron chi connectivity index (χ4n) is 2.42. The van der Waals surface area contributed by atoms with Gasteiger partial charge in [0.15, 0.2) is 0 Å². The zero-order valence-electron chi connectivity index (χ0n) is 12.0. The third-order valence-electron chi connectivity index (χ3n) is 3.53. The molecule has 1 aromatic carbocycles. The van der Waals surface area contributed by atoms with E-state index < -0.39 is 0 Å². The fourth-order valence-corrected chi connectivity index (χ4v) is 3.05. The number of nitrogens with zero attached hydrogens (tertiary/aromatic N) is 1. The van der Waals surface area contributed by atoms with Crippen LogP contribution in [0, 0.1) is 6.92 Å². The van der Waals surface area contributed by atoms with Crippen molar-refractivity contribution in [3.8, 4) is 11.3 Å². The van der Waals surface area contributed by atoms with E-state index in [1.807, 2.05) is 25.1 Å². The number of aryl methyl sites for hydroxylation is 1. The predicted octanol–water partition coefficient (Wildman–Crippen LogP) is 2.91. The van der Waals surface area contributed by atoms with E-state index in [1.54, 1.807) is 11.3 Å². The largest absolute Gasteiger partial charge is 0.368 e. The van der Waals surface area contributed by atoms with Gasteiger partial charge in [-0.3, -0.25) is 4.79 Å². The number of amides is 1. The third-order valence-corrected chi connectivity index (χ3v) is 4.30. The summed E-state index contributed by atoms with van der Waals surface area (Å²) in [7, 11) is 0. The molecule has 1 atom stereocenters. The Balaban J connectivity index is 1.64. The first-order valence-corrected chi connectivity index (χ1v) is 8.01. The van der Waals surface area contributed by atoms with Gasteiger partial charge in [0.05, 0.1) is 10.7 Å². The van der Waals surface area contributed by atoms with Crippen molar-refractivity contribution in [2.45, 2.75) is 32.4 Å². The molecule has 1 aliphatic heterocycles. The summed E-state index contributed by atoms with van der Waals surface area (Å²) in [5.41, 5.74) is 3.15. The minimum atomic E-state index is -0.269. The van der Waals surface area contributed by atoms with Crippen molar-refractivity contribution >= 4 is 17.2 Å². The van der Waals surface area contributed by atoms with E-state index in [0.29, 0.717) is 13.2 Å². The second-order valence-corrected chi connectivity index (χ2v) is 6.23. The van der Waals surface area contributed by atoms with Gasteiger partial charge in [-0.05, 0) is 31.4 Å². The Hall–Kier alpha value is -1.72. The Morgan fingerprint density at radius 2 is 2.43 bits per heavy atom. The molecule has 0 aliphatic carbocycles. The molecule has 0 radical (unpaired) electrons. The second-order valence-electron chi connectivity index (χ2n) is 5.17. The zero-order valence-corrected chi connectivity index (χ0v) is 12.8. The van der Waals surface area contributed by atoms with Gasteiger partial charge in [-0.15, -0.1) is 11.3 Å². The van der Waals surface area contributed by atoms with E-state index >= 15 is 0 Å². The van der Waals surface area contributed by atoms with Gasteiger partial charge in [-0.2, -0.15) is 0 Å². The molecule has 0 saturated carbocycles. The lowest BCUT2D eigenvalue weighted by molar-refractivity contribution is -0.130. The van der Waals surface area contributed by atoms with Crippen LogP contribution in [0.2, 0.25) is 0 Å². The molecule has 1 saturated heterocycles. The van der Waals surface area contributed by atoms with Crippen LogP contribution >= 0.6 is 11.3 Å². The Morgan fingerprint density at radius 1 is 1.52 bits per heavy atom. The van der Waals surface area contributed by atoms with E-state index in [9.17, 15) is 4.79 Å². The SMILES string of the molecule is Cc1nc(-c2cccc(CNC(=O)[C@H]3CCCO3)c2)cs1. The lowest BCUT2D eigenvalue weighted by Crippen LogP contribution is -2.33. The topological polar surface area (TPSA) is 51.2 Å². The maximum absolute atomic E-state index is 11.9. The minimum Gasteiger partial charge on any atom is -0.368 e. The lowest BCUT2D eigenvalue weighted by atomic mass is 10.1. The van der Waals surface area contributed by atoms with Gasteiger partial charge in [-0.25, -0.2) is 4.98 Å². The maximum atomic E-state index is 11.9. The fraction of sp³-hybridized carbons (Fsp3) is 0.375. The molecule has 1 fully saturated rings. The van der Waals surface area contributed by atoms with Crippen molar-refractivity contribution in [1.82, 2.24) is 10.3 Å². The monoisotopic (exact) mass is 302 g/mol. The standard InChI is InChI=1S/C16H18N2O2S/c1-11-18-14(10-21-11)13-5-2-4-12(8-13)9-17-16(19)15-6-3-7-20-15/h2,4-5,8,10,15H,3,6-7,9H2,1H3,(H,17,19)/t15-/m1/s1. The number of carbonyl (C=O) groups excluding carboxylic acids is 1. The summed E-state index contributed by atoms with van der Waals surface area (Å²) in [6.45, 7) is 3.21. The molecule has 2 aromatic rings. The van der Waals surface area contributed by atoms with Crippen molar-refractivity contribution in [2.24, 2.45) is 0 Å². The summed E-state index contributed by atoms with van der Waals surface area (Å²) >= 11 is 1.64. The molecule has 1 aromatic heterocycles. The molecular formula is C16H18N2O2S. The van der Waals surface area contributed by atoms with Gasteiger partial charge in [-0.1, -0.05) is 18.2 Å². The molecule has 1 N–H and O–H groups in total. The van der Waals surface area contributed by atoms with Gasteiger partial charge in [0, 0.05) is 24.1 Å². The van der Waals surface area contributed by atoms with Crippen molar-refractivity contribution in [2.75, 3.05) is 6.61 Å². The Labute approximate surface area is 128 Å². The highest BCUT2D eigenvalue weighted by molar-refractivity contribution is 7.09. The normalized spacial score (nSPS) is 17.9. The van der Waals surface area contributed by atoms with E-state index in [-0.39, 0.29) is 12.0 Å². The Bertz CT molecular complexity index is 633. The van der Waals surface area contributed by atoms with Crippen LogP contribution in [0.1, 0.15) is 23.4 Å². The van der Waals surface area contributed by atoms with Crippen LogP contribution in [-0.4, -0.2) is 23.6 Å². The van der Waals surface area contributed by atoms with Gasteiger partial charge in [0.2, 0.25) is 5.91 Å². The summed E-state index contributed by atoms with van der Waals surface area (Å²) in [6.07, 6.45) is 1.52. The predicted molar refractivity (Wildman–Crippen MR) is 83.1 cm³/mol. The van der Waals surface area contributed by atoms with Crippen LogP contribution in [0.25, 0.3) is 11.3 Å². The molecule has 1 aliphatic rings. The number of aromatic nitrogens is 1. The number of carbonyl (C=O) groups is 1. The molecule has 3 rings (SSSR count). The minimum absolute atomic E-state index is 0.0117. The molecule has 21 heavy (non-hydrogen) atoms. The summed E-state index contributed by atoms with van der Waals surface area (Å²) in [5, 5.41) is 6.06. The van der Waals surface area contributed by atoms with Crippen molar-refractivity contribution < 1.29 is 9.53 Å². The van der Waals surface area contributed by atoms with Crippen LogP contribution in [0.5, 0.6) is 0 Å². The van der Waals surface area contributed by atoms with E-state index in [4.69, 9.17) is 4.74 Å². The van der Waals surface area contributed by atoms with Crippen molar-refractivity contribution in [3.63, 3.8) is 0 Å². The molecule has 2 heterocycles. The van der Waals surface area contributed by atoms with Crippen molar-refractivity contribution in [1.29, 1.82) is 0 Å². The number of hydrogen-bond donors (Lipinski definition) is 1. The molecule has 0 spiro atoms. The van der Waals surface area contributed by atoms with Crippen LogP contribution in [-0.2, 0) is 16.1 Å². The number of hydrogen-bond acceptors (Lipinski definition) is 4. The van der Waals surface area contributed by atoms with Crippen LogP contribution in [0.3, 0.4) is 0 Å². The van der Waals surface area contributed by atoms with Gasteiger partial charge >= 0.3 is 0 Å². The Kier molecular flexibility index (Phi) is 4.31. The molecule has 1 amide bonds. The highest BCUT2D eigenvalue weighted by atomic mass is 32.1. The molecule has 110 valence electrons. The Morgan fingerprint density at radius 3 is 3.14 bits per heavy atom. The van der Waals surface area contributed by atoms with Crippen LogP contribution in [0.4, 0.5) is 0 Å². The molecular weight excluding hydrogens is 284 g/mol. The summed E-state index contributed by atoms with van der Waals surface area (Å²) in [4.78, 5) is 16.4. The summed E-state index contributed by atoms with van der Waals surface area (Å²) < 4.78 is 5.38. The first-order chi connectivity index (χ1) is 10.2. The highest BCUT2D eigenvalue weighted by Crippen LogP contribution is 2.22. The van der Waals surface area contributed by atoms with E-state index in [2.05, 4.69) is 21.7 Å². The number of rotatable bonds is 4. The summed E-state index contributed by atoms with van der Waals surface area (Å²) in [6, 6.07) is 8.13. The van der Waals surface area contributed by atoms with Gasteiger partial charge in [0.1, 0.15) is 6.10 Å². The van der Waals surface area contributed by atoms with Gasteiger partial charge < -0.3 is 10.1 Å². The molecule has 0 unspecified atom stereocenters. The van der Waals surface area contributed by atoms with Crippen molar-refractivity contribution in [3.05, 3.63) is 40.2 Å². The summed E-state index contributed by atoms with van der Waals surface area (Å²) in [5.74, 6) is -0.0117. The average Bonchev–Trinajstić information content (AvgIpc) is 3.16.